The van der Waals surface area contributed by atoms with Crippen LogP contribution in [0.15, 0.2) is 0 Å². The van der Waals surface area contributed by atoms with Crippen molar-refractivity contribution < 1.29 is 24.2 Å². The van der Waals surface area contributed by atoms with Crippen molar-refractivity contribution in [3.8, 4) is 0 Å². The number of Topliss-reactive ketones (excluding diaryl/α,β-unsaturated/α-hetero) is 1. The van der Waals surface area contributed by atoms with Crippen LogP contribution in [0.3, 0.4) is 0 Å². The second kappa shape index (κ2) is 8.29. The van der Waals surface area contributed by atoms with Gasteiger partial charge in [-0.1, -0.05) is 6.92 Å². The fourth-order valence-electron chi connectivity index (χ4n) is 2.67. The molecule has 140 valence electrons. The first kappa shape index (κ1) is 20.9. The molecule has 0 radical (unpaired) electrons. The van der Waals surface area contributed by atoms with Crippen molar-refractivity contribution in [1.82, 2.24) is 10.3 Å². The van der Waals surface area contributed by atoms with E-state index in [1.54, 1.807) is 6.92 Å². The Morgan fingerprint density at radius 2 is 1.88 bits per heavy atom. The summed E-state index contributed by atoms with van der Waals surface area (Å²) < 4.78 is 5.53. The first-order valence-corrected chi connectivity index (χ1v) is 8.38. The molecule has 0 aromatic carbocycles. The number of amides is 1. The van der Waals surface area contributed by atoms with Gasteiger partial charge in [-0.3, -0.25) is 9.59 Å². The maximum Gasteiger partial charge on any atom is 0.326 e. The Morgan fingerprint density at radius 3 is 2.32 bits per heavy atom. The molecule has 1 rings (SSSR count). The van der Waals surface area contributed by atoms with E-state index in [2.05, 4.69) is 10.3 Å². The normalized spacial score (nSPS) is 12.7. The molecule has 0 saturated heterocycles. The smallest absolute Gasteiger partial charge is 0.326 e. The van der Waals surface area contributed by atoms with E-state index in [1.807, 2.05) is 27.7 Å². The number of carbonyl (C=O) groups is 3. The van der Waals surface area contributed by atoms with Crippen molar-refractivity contribution in [2.45, 2.75) is 66.0 Å². The van der Waals surface area contributed by atoms with Crippen molar-refractivity contribution in [3.05, 3.63) is 22.5 Å². The number of carboxylic acid groups (broad SMARTS) is 1. The molecule has 7 heteroatoms. The van der Waals surface area contributed by atoms with E-state index in [1.165, 1.54) is 6.92 Å². The predicted octanol–water partition coefficient (Wildman–Crippen LogP) is 2.48. The number of aromatic nitrogens is 1. The third-order valence-electron chi connectivity index (χ3n) is 3.77. The summed E-state index contributed by atoms with van der Waals surface area (Å²) in [5.41, 5.74) is 1.58. The van der Waals surface area contributed by atoms with Crippen LogP contribution in [0.5, 0.6) is 0 Å². The summed E-state index contributed by atoms with van der Waals surface area (Å²) in [6, 6.07) is -1.07. The quantitative estimate of drug-likeness (QED) is 0.623. The zero-order valence-electron chi connectivity index (χ0n) is 15.8. The van der Waals surface area contributed by atoms with E-state index >= 15 is 0 Å². The number of hydrogen-bond donors (Lipinski definition) is 3. The van der Waals surface area contributed by atoms with Gasteiger partial charge in [-0.15, -0.1) is 0 Å². The number of rotatable bonds is 8. The molecule has 0 aliphatic rings. The Morgan fingerprint density at radius 1 is 1.28 bits per heavy atom. The van der Waals surface area contributed by atoms with Gasteiger partial charge in [0.25, 0.3) is 5.91 Å². The number of aliphatic carboxylic acids is 1. The zero-order valence-corrected chi connectivity index (χ0v) is 15.8. The fourth-order valence-corrected chi connectivity index (χ4v) is 2.67. The minimum Gasteiger partial charge on any atom is -0.480 e. The minimum absolute atomic E-state index is 0.127. The summed E-state index contributed by atoms with van der Waals surface area (Å²) in [6.07, 6.45) is 0.645. The van der Waals surface area contributed by atoms with E-state index in [0.717, 1.165) is 0 Å². The van der Waals surface area contributed by atoms with Crippen molar-refractivity contribution in [2.24, 2.45) is 0 Å². The van der Waals surface area contributed by atoms with Gasteiger partial charge >= 0.3 is 5.97 Å². The summed E-state index contributed by atoms with van der Waals surface area (Å²) in [6.45, 7) is 10.8. The van der Waals surface area contributed by atoms with Crippen molar-refractivity contribution in [3.63, 3.8) is 0 Å². The molecule has 0 aliphatic carbocycles. The van der Waals surface area contributed by atoms with Gasteiger partial charge in [0.1, 0.15) is 11.7 Å². The van der Waals surface area contributed by atoms with E-state index in [4.69, 9.17) is 4.74 Å². The van der Waals surface area contributed by atoms with Gasteiger partial charge in [0.2, 0.25) is 0 Å². The lowest BCUT2D eigenvalue weighted by molar-refractivity contribution is -0.140. The highest BCUT2D eigenvalue weighted by atomic mass is 16.5. The van der Waals surface area contributed by atoms with E-state index < -0.39 is 17.9 Å². The highest BCUT2D eigenvalue weighted by Crippen LogP contribution is 2.20. The Balaban J connectivity index is 2.93. The lowest BCUT2D eigenvalue weighted by Gasteiger charge is -2.21. The molecule has 1 heterocycles. The summed E-state index contributed by atoms with van der Waals surface area (Å²) in [5.74, 6) is -1.78. The molecule has 3 N–H and O–H groups in total. The van der Waals surface area contributed by atoms with Gasteiger partial charge in [-0.2, -0.15) is 0 Å². The standard InChI is InChI=1S/C18H28N2O5/c1-7-12-14(11(3)21)10(2)19-15(12)16(22)20-13(17(23)24)8-9-25-18(4,5)6/h13,19H,7-9H2,1-6H3,(H,20,22)(H,23,24). The van der Waals surface area contributed by atoms with Crippen molar-refractivity contribution in [2.75, 3.05) is 6.61 Å². The number of ether oxygens (including phenoxy) is 1. The topological polar surface area (TPSA) is 108 Å². The van der Waals surface area contributed by atoms with Crippen LogP contribution in [0.25, 0.3) is 0 Å². The maximum atomic E-state index is 12.5. The van der Waals surface area contributed by atoms with Gasteiger partial charge in [0.15, 0.2) is 5.78 Å². The first-order valence-electron chi connectivity index (χ1n) is 8.38. The summed E-state index contributed by atoms with van der Waals surface area (Å²) in [7, 11) is 0. The number of aromatic amines is 1. The highest BCUT2D eigenvalue weighted by Gasteiger charge is 2.26. The molecule has 1 aromatic rings. The Hall–Kier alpha value is -2.15. The highest BCUT2D eigenvalue weighted by molar-refractivity contribution is 6.03. The molecule has 0 fully saturated rings. The first-order chi connectivity index (χ1) is 11.5. The molecule has 0 bridgehead atoms. The van der Waals surface area contributed by atoms with Crippen LogP contribution >= 0.6 is 0 Å². The molecular formula is C18H28N2O5. The van der Waals surface area contributed by atoms with Crippen LogP contribution in [0.4, 0.5) is 0 Å². The summed E-state index contributed by atoms with van der Waals surface area (Å²) >= 11 is 0. The number of carbonyl (C=O) groups excluding carboxylic acids is 2. The number of carboxylic acids is 1. The number of aryl methyl sites for hydroxylation is 1. The average molecular weight is 352 g/mol. The van der Waals surface area contributed by atoms with Gasteiger partial charge in [0, 0.05) is 24.3 Å². The number of H-pyrrole nitrogens is 1. The summed E-state index contributed by atoms with van der Waals surface area (Å²) in [4.78, 5) is 38.6. The van der Waals surface area contributed by atoms with Crippen LogP contribution in [0.1, 0.15) is 73.1 Å². The Bertz CT molecular complexity index is 655. The summed E-state index contributed by atoms with van der Waals surface area (Å²) in [5, 5.41) is 11.9. The molecule has 1 unspecified atom stereocenters. The van der Waals surface area contributed by atoms with Crippen LogP contribution < -0.4 is 5.32 Å². The van der Waals surface area contributed by atoms with E-state index in [9.17, 15) is 19.5 Å². The lowest BCUT2D eigenvalue weighted by Crippen LogP contribution is -2.42. The average Bonchev–Trinajstić information content (AvgIpc) is 2.81. The van der Waals surface area contributed by atoms with E-state index in [-0.39, 0.29) is 30.1 Å². The molecule has 0 aliphatic heterocycles. The Labute approximate surface area is 148 Å². The molecule has 0 spiro atoms. The SMILES string of the molecule is CCc1c(C(=O)NC(CCOC(C)(C)C)C(=O)O)[nH]c(C)c1C(C)=O. The molecule has 0 saturated carbocycles. The second-order valence-electron chi connectivity index (χ2n) is 7.00. The number of ketones is 1. The van der Waals surface area contributed by atoms with Crippen LogP contribution in [-0.2, 0) is 16.0 Å². The fraction of sp³-hybridized carbons (Fsp3) is 0.611. The predicted molar refractivity (Wildman–Crippen MR) is 94.1 cm³/mol. The largest absolute Gasteiger partial charge is 0.480 e. The van der Waals surface area contributed by atoms with Crippen LogP contribution in [0, 0.1) is 6.92 Å². The minimum atomic E-state index is -1.13. The molecular weight excluding hydrogens is 324 g/mol. The molecule has 1 amide bonds. The molecule has 1 aromatic heterocycles. The maximum absolute atomic E-state index is 12.5. The van der Waals surface area contributed by atoms with Gasteiger partial charge in [0.05, 0.1) is 5.60 Å². The molecule has 7 nitrogen and oxygen atoms in total. The van der Waals surface area contributed by atoms with Gasteiger partial charge in [-0.05, 0) is 46.6 Å². The zero-order chi connectivity index (χ0) is 19.4. The van der Waals surface area contributed by atoms with Crippen molar-refractivity contribution in [1.29, 1.82) is 0 Å². The lowest BCUT2D eigenvalue weighted by atomic mass is 10.0. The van der Waals surface area contributed by atoms with Crippen LogP contribution in [0.2, 0.25) is 0 Å². The van der Waals surface area contributed by atoms with Crippen LogP contribution in [-0.4, -0.2) is 46.0 Å². The third kappa shape index (κ3) is 5.70. The monoisotopic (exact) mass is 352 g/mol. The molecule has 1 atom stereocenters. The number of hydrogen-bond acceptors (Lipinski definition) is 4. The second-order valence-corrected chi connectivity index (χ2v) is 7.00. The van der Waals surface area contributed by atoms with Gasteiger partial charge < -0.3 is 20.1 Å². The Kier molecular flexibility index (Phi) is 6.93. The molecule has 25 heavy (non-hydrogen) atoms. The number of nitrogens with one attached hydrogen (secondary N) is 2. The van der Waals surface area contributed by atoms with E-state index in [0.29, 0.717) is 23.2 Å². The third-order valence-corrected chi connectivity index (χ3v) is 3.77. The van der Waals surface area contributed by atoms with Gasteiger partial charge in [-0.25, -0.2) is 4.79 Å². The van der Waals surface area contributed by atoms with Crippen molar-refractivity contribution >= 4 is 17.7 Å².